The molecule has 0 bridgehead atoms. The first-order valence-corrected chi connectivity index (χ1v) is 8.53. The number of piperidine rings is 1. The average Bonchev–Trinajstić information content (AvgIpc) is 2.40. The van der Waals surface area contributed by atoms with Gasteiger partial charge in [-0.25, -0.2) is 4.79 Å². The number of amides is 1. The Balaban J connectivity index is 1.96. The van der Waals surface area contributed by atoms with Gasteiger partial charge in [-0.2, -0.15) is 0 Å². The molecule has 2 rings (SSSR count). The van der Waals surface area contributed by atoms with Crippen molar-refractivity contribution in [2.24, 2.45) is 0 Å². The summed E-state index contributed by atoms with van der Waals surface area (Å²) in [6.45, 7) is 8.59. The van der Waals surface area contributed by atoms with Crippen molar-refractivity contribution < 1.29 is 9.53 Å². The number of alkyl carbamates (subject to hydrolysis) is 1. The Kier molecular flexibility index (Phi) is 5.50. The Morgan fingerprint density at radius 3 is 2.77 bits per heavy atom. The number of benzene rings is 1. The summed E-state index contributed by atoms with van der Waals surface area (Å²) < 4.78 is 6.46. The zero-order valence-electron chi connectivity index (χ0n) is 13.7. The SMILES string of the molecule is Cc1ccc(C2CC(NC(=O)OC(C)(C)C)CCN2)cc1Br. The van der Waals surface area contributed by atoms with Crippen LogP contribution in [0.4, 0.5) is 4.79 Å². The lowest BCUT2D eigenvalue weighted by molar-refractivity contribution is 0.0490. The maximum atomic E-state index is 11.9. The number of hydrogen-bond donors (Lipinski definition) is 2. The fourth-order valence-corrected chi connectivity index (χ4v) is 3.00. The quantitative estimate of drug-likeness (QED) is 0.826. The molecule has 1 aliphatic rings. The average molecular weight is 369 g/mol. The van der Waals surface area contributed by atoms with Crippen LogP contribution >= 0.6 is 15.9 Å². The third kappa shape index (κ3) is 4.99. The molecule has 1 amide bonds. The van der Waals surface area contributed by atoms with Crippen molar-refractivity contribution in [1.29, 1.82) is 0 Å². The van der Waals surface area contributed by atoms with Crippen molar-refractivity contribution in [1.82, 2.24) is 10.6 Å². The van der Waals surface area contributed by atoms with E-state index in [1.54, 1.807) is 0 Å². The van der Waals surface area contributed by atoms with Crippen LogP contribution in [-0.2, 0) is 4.74 Å². The van der Waals surface area contributed by atoms with Crippen LogP contribution < -0.4 is 10.6 Å². The number of aryl methyl sites for hydroxylation is 1. The molecule has 2 unspecified atom stereocenters. The molecule has 5 heteroatoms. The molecule has 1 heterocycles. The van der Waals surface area contributed by atoms with Gasteiger partial charge in [0, 0.05) is 16.6 Å². The van der Waals surface area contributed by atoms with Crippen molar-refractivity contribution in [3.8, 4) is 0 Å². The van der Waals surface area contributed by atoms with Crippen LogP contribution in [0.2, 0.25) is 0 Å². The summed E-state index contributed by atoms with van der Waals surface area (Å²) in [6, 6.07) is 6.81. The van der Waals surface area contributed by atoms with Gasteiger partial charge in [0.25, 0.3) is 0 Å². The third-order valence-electron chi connectivity index (χ3n) is 3.72. The van der Waals surface area contributed by atoms with Crippen LogP contribution in [0, 0.1) is 6.92 Å². The minimum Gasteiger partial charge on any atom is -0.444 e. The van der Waals surface area contributed by atoms with Crippen LogP contribution in [0.25, 0.3) is 0 Å². The Hall–Kier alpha value is -1.07. The highest BCUT2D eigenvalue weighted by Gasteiger charge is 2.26. The minimum atomic E-state index is -0.460. The fourth-order valence-electron chi connectivity index (χ4n) is 2.60. The second kappa shape index (κ2) is 7.01. The number of hydrogen-bond acceptors (Lipinski definition) is 3. The lowest BCUT2D eigenvalue weighted by Crippen LogP contribution is -2.45. The monoisotopic (exact) mass is 368 g/mol. The Bertz CT molecular complexity index is 540. The smallest absolute Gasteiger partial charge is 0.407 e. The molecule has 0 saturated carbocycles. The van der Waals surface area contributed by atoms with E-state index in [0.29, 0.717) is 0 Å². The molecule has 122 valence electrons. The van der Waals surface area contributed by atoms with Crippen LogP contribution in [0.15, 0.2) is 22.7 Å². The second-order valence-corrected chi connectivity index (χ2v) is 7.74. The van der Waals surface area contributed by atoms with Gasteiger partial charge in [0.15, 0.2) is 0 Å². The summed E-state index contributed by atoms with van der Waals surface area (Å²) >= 11 is 3.58. The number of rotatable bonds is 2. The molecule has 1 fully saturated rings. The van der Waals surface area contributed by atoms with Gasteiger partial charge < -0.3 is 15.4 Å². The zero-order valence-corrected chi connectivity index (χ0v) is 15.3. The second-order valence-electron chi connectivity index (χ2n) is 6.88. The molecule has 1 aliphatic heterocycles. The zero-order chi connectivity index (χ0) is 16.3. The highest BCUT2D eigenvalue weighted by molar-refractivity contribution is 9.10. The first kappa shape index (κ1) is 17.3. The van der Waals surface area contributed by atoms with Crippen molar-refractivity contribution >= 4 is 22.0 Å². The van der Waals surface area contributed by atoms with E-state index >= 15 is 0 Å². The van der Waals surface area contributed by atoms with Gasteiger partial charge in [0.05, 0.1) is 0 Å². The minimum absolute atomic E-state index is 0.140. The number of carbonyl (C=O) groups excluding carboxylic acids is 1. The summed E-state index contributed by atoms with van der Waals surface area (Å²) in [6.07, 6.45) is 1.46. The summed E-state index contributed by atoms with van der Waals surface area (Å²) in [5.74, 6) is 0. The molecule has 1 aromatic rings. The maximum Gasteiger partial charge on any atom is 0.407 e. The third-order valence-corrected chi connectivity index (χ3v) is 4.58. The van der Waals surface area contributed by atoms with E-state index < -0.39 is 5.60 Å². The number of ether oxygens (including phenoxy) is 1. The Morgan fingerprint density at radius 2 is 2.14 bits per heavy atom. The number of nitrogens with one attached hydrogen (secondary N) is 2. The summed E-state index contributed by atoms with van der Waals surface area (Å²) in [5.41, 5.74) is 2.01. The van der Waals surface area contributed by atoms with Crippen molar-refractivity contribution in [3.63, 3.8) is 0 Å². The molecular formula is C17H25BrN2O2. The van der Waals surface area contributed by atoms with Gasteiger partial charge in [-0.05, 0) is 64.3 Å². The number of carbonyl (C=O) groups is 1. The molecule has 1 saturated heterocycles. The van der Waals surface area contributed by atoms with Crippen molar-refractivity contribution in [2.75, 3.05) is 6.54 Å². The normalized spacial score (nSPS) is 22.2. The first-order valence-electron chi connectivity index (χ1n) is 7.73. The molecule has 1 aromatic carbocycles. The molecule has 2 N–H and O–H groups in total. The molecular weight excluding hydrogens is 344 g/mol. The topological polar surface area (TPSA) is 50.4 Å². The highest BCUT2D eigenvalue weighted by atomic mass is 79.9. The van der Waals surface area contributed by atoms with E-state index in [2.05, 4.69) is 51.7 Å². The van der Waals surface area contributed by atoms with E-state index in [-0.39, 0.29) is 18.2 Å². The highest BCUT2D eigenvalue weighted by Crippen LogP contribution is 2.27. The molecule has 0 spiro atoms. The van der Waals surface area contributed by atoms with E-state index in [0.717, 1.165) is 23.9 Å². The number of halogens is 1. The molecule has 0 aliphatic carbocycles. The summed E-state index contributed by atoms with van der Waals surface area (Å²) in [5, 5.41) is 6.51. The van der Waals surface area contributed by atoms with Crippen LogP contribution in [0.3, 0.4) is 0 Å². The van der Waals surface area contributed by atoms with Gasteiger partial charge in [0.2, 0.25) is 0 Å². The molecule has 2 atom stereocenters. The first-order chi connectivity index (χ1) is 10.2. The van der Waals surface area contributed by atoms with Crippen molar-refractivity contribution in [2.45, 2.75) is 58.2 Å². The standard InChI is InChI=1S/C17H25BrN2O2/c1-11-5-6-12(9-14(11)18)15-10-13(7-8-19-15)20-16(21)22-17(2,3)4/h5-6,9,13,15,19H,7-8,10H2,1-4H3,(H,20,21). The fraction of sp³-hybridized carbons (Fsp3) is 0.588. The summed E-state index contributed by atoms with van der Waals surface area (Å²) in [4.78, 5) is 11.9. The molecule has 22 heavy (non-hydrogen) atoms. The van der Waals surface area contributed by atoms with E-state index in [4.69, 9.17) is 4.74 Å². The molecule has 0 radical (unpaired) electrons. The maximum absolute atomic E-state index is 11.9. The predicted octanol–water partition coefficient (Wildman–Crippen LogP) is 4.08. The predicted molar refractivity (Wildman–Crippen MR) is 92.0 cm³/mol. The van der Waals surface area contributed by atoms with Gasteiger partial charge in [-0.15, -0.1) is 0 Å². The van der Waals surface area contributed by atoms with E-state index in [1.165, 1.54) is 11.1 Å². The molecule has 4 nitrogen and oxygen atoms in total. The van der Waals surface area contributed by atoms with Crippen LogP contribution in [0.1, 0.15) is 50.8 Å². The largest absolute Gasteiger partial charge is 0.444 e. The van der Waals surface area contributed by atoms with Gasteiger partial charge >= 0.3 is 6.09 Å². The lowest BCUT2D eigenvalue weighted by Gasteiger charge is -2.32. The van der Waals surface area contributed by atoms with Gasteiger partial charge in [-0.3, -0.25) is 0 Å². The van der Waals surface area contributed by atoms with Crippen molar-refractivity contribution in [3.05, 3.63) is 33.8 Å². The van der Waals surface area contributed by atoms with Crippen LogP contribution in [0.5, 0.6) is 0 Å². The van der Waals surface area contributed by atoms with E-state index in [9.17, 15) is 4.79 Å². The van der Waals surface area contributed by atoms with Gasteiger partial charge in [0.1, 0.15) is 5.60 Å². The van der Waals surface area contributed by atoms with Crippen LogP contribution in [-0.4, -0.2) is 24.3 Å². The summed E-state index contributed by atoms with van der Waals surface area (Å²) in [7, 11) is 0. The lowest BCUT2D eigenvalue weighted by atomic mass is 9.93. The molecule has 0 aromatic heterocycles. The van der Waals surface area contributed by atoms with E-state index in [1.807, 2.05) is 20.8 Å². The van der Waals surface area contributed by atoms with Gasteiger partial charge in [-0.1, -0.05) is 28.1 Å². The Morgan fingerprint density at radius 1 is 1.41 bits per heavy atom. The Labute approximate surface area is 141 Å².